The van der Waals surface area contributed by atoms with Gasteiger partial charge in [-0.05, 0) is 43.7 Å². The van der Waals surface area contributed by atoms with Gasteiger partial charge in [-0.1, -0.05) is 0 Å². The topological polar surface area (TPSA) is 43.3 Å². The van der Waals surface area contributed by atoms with Crippen molar-refractivity contribution in [3.8, 4) is 0 Å². The van der Waals surface area contributed by atoms with Crippen molar-refractivity contribution in [2.75, 3.05) is 71.5 Å². The van der Waals surface area contributed by atoms with Gasteiger partial charge in [-0.3, -0.25) is 4.99 Å². The Labute approximate surface area is 205 Å². The Morgan fingerprint density at radius 2 is 1.91 bits per heavy atom. The van der Waals surface area contributed by atoms with Crippen LogP contribution in [0.5, 0.6) is 0 Å². The summed E-state index contributed by atoms with van der Waals surface area (Å²) < 4.78 is 45.8. The lowest BCUT2D eigenvalue weighted by atomic mass is 9.87. The molecule has 3 fully saturated rings. The van der Waals surface area contributed by atoms with E-state index < -0.39 is 11.7 Å². The van der Waals surface area contributed by atoms with Gasteiger partial charge in [0.2, 0.25) is 0 Å². The van der Waals surface area contributed by atoms with E-state index in [4.69, 9.17) is 4.74 Å². The average molecular weight is 567 g/mol. The van der Waals surface area contributed by atoms with Crippen molar-refractivity contribution >= 4 is 35.6 Å². The number of ether oxygens (including phenoxy) is 1. The maximum atomic E-state index is 13.4. The predicted molar refractivity (Wildman–Crippen MR) is 131 cm³/mol. The van der Waals surface area contributed by atoms with Crippen LogP contribution in [0.25, 0.3) is 0 Å². The van der Waals surface area contributed by atoms with Crippen LogP contribution in [0.2, 0.25) is 0 Å². The minimum Gasteiger partial charge on any atom is -0.381 e. The molecule has 180 valence electrons. The number of rotatable bonds is 3. The summed E-state index contributed by atoms with van der Waals surface area (Å²) in [5.74, 6) is 0.741. The summed E-state index contributed by atoms with van der Waals surface area (Å²) in [6, 6.07) is 4.09. The number of alkyl halides is 3. The highest BCUT2D eigenvalue weighted by Crippen LogP contribution is 2.38. The van der Waals surface area contributed by atoms with Crippen LogP contribution in [-0.4, -0.2) is 82.3 Å². The maximum Gasteiger partial charge on any atom is 0.416 e. The molecule has 1 aromatic rings. The van der Waals surface area contributed by atoms with E-state index in [1.54, 1.807) is 13.1 Å². The van der Waals surface area contributed by atoms with Gasteiger partial charge in [-0.25, -0.2) is 0 Å². The van der Waals surface area contributed by atoms with E-state index in [9.17, 15) is 13.2 Å². The Morgan fingerprint density at radius 3 is 2.53 bits per heavy atom. The number of hydrogen-bond donors (Lipinski definition) is 1. The highest BCUT2D eigenvalue weighted by atomic mass is 127. The zero-order valence-electron chi connectivity index (χ0n) is 18.7. The third kappa shape index (κ3) is 5.61. The van der Waals surface area contributed by atoms with E-state index in [0.29, 0.717) is 12.1 Å². The minimum atomic E-state index is -4.36. The van der Waals surface area contributed by atoms with Crippen LogP contribution in [0, 0.1) is 5.41 Å². The number of aliphatic imine (C=N–C) groups is 1. The molecule has 3 heterocycles. The van der Waals surface area contributed by atoms with E-state index >= 15 is 0 Å². The van der Waals surface area contributed by atoms with E-state index in [0.717, 1.165) is 77.0 Å². The predicted octanol–water partition coefficient (Wildman–Crippen LogP) is 3.26. The van der Waals surface area contributed by atoms with Crippen molar-refractivity contribution in [2.24, 2.45) is 10.4 Å². The van der Waals surface area contributed by atoms with Gasteiger partial charge in [0.25, 0.3) is 0 Å². The summed E-state index contributed by atoms with van der Waals surface area (Å²) in [5.41, 5.74) is 1.10. The Bertz CT molecular complexity index is 805. The standard InChI is InChI=1S/C22H32F3N5O.HI/c1-26-20(30-7-5-21(15-30)6-12-31-16-21)27-14-17-13-18(22(23,24)25)3-4-19(17)29-10-8-28(2)9-11-29;/h3-4,13H,5-12,14-16H2,1-2H3,(H,26,27);1H. The van der Waals surface area contributed by atoms with Gasteiger partial charge < -0.3 is 24.8 Å². The molecule has 1 atom stereocenters. The molecule has 3 saturated heterocycles. The van der Waals surface area contributed by atoms with E-state index in [-0.39, 0.29) is 29.4 Å². The number of halogens is 4. The van der Waals surface area contributed by atoms with Gasteiger partial charge in [0, 0.05) is 70.6 Å². The molecule has 4 rings (SSSR count). The first-order valence-corrected chi connectivity index (χ1v) is 11.0. The van der Waals surface area contributed by atoms with Gasteiger partial charge in [-0.2, -0.15) is 13.2 Å². The molecule has 1 unspecified atom stereocenters. The number of anilines is 1. The van der Waals surface area contributed by atoms with Crippen molar-refractivity contribution in [1.82, 2.24) is 15.1 Å². The van der Waals surface area contributed by atoms with Gasteiger partial charge in [0.1, 0.15) is 0 Å². The average Bonchev–Trinajstić information content (AvgIpc) is 3.38. The first kappa shape index (κ1) is 25.4. The van der Waals surface area contributed by atoms with Gasteiger partial charge in [-0.15, -0.1) is 24.0 Å². The van der Waals surface area contributed by atoms with Crippen LogP contribution in [0.4, 0.5) is 18.9 Å². The van der Waals surface area contributed by atoms with Crippen molar-refractivity contribution in [3.05, 3.63) is 29.3 Å². The number of benzene rings is 1. The van der Waals surface area contributed by atoms with Crippen molar-refractivity contribution in [3.63, 3.8) is 0 Å². The summed E-state index contributed by atoms with van der Waals surface area (Å²) in [7, 11) is 3.79. The molecule has 1 spiro atoms. The molecule has 1 N–H and O–H groups in total. The number of guanidine groups is 1. The van der Waals surface area contributed by atoms with Crippen molar-refractivity contribution < 1.29 is 17.9 Å². The molecule has 3 aliphatic heterocycles. The van der Waals surface area contributed by atoms with Crippen molar-refractivity contribution in [1.29, 1.82) is 0 Å². The molecule has 0 saturated carbocycles. The minimum absolute atomic E-state index is 0. The van der Waals surface area contributed by atoms with Crippen LogP contribution in [-0.2, 0) is 17.5 Å². The molecule has 1 aromatic carbocycles. The van der Waals surface area contributed by atoms with Gasteiger partial charge >= 0.3 is 6.18 Å². The number of likely N-dealkylation sites (tertiary alicyclic amines) is 1. The molecule has 0 amide bonds. The van der Waals surface area contributed by atoms with Crippen molar-refractivity contribution in [2.45, 2.75) is 25.6 Å². The fourth-order valence-corrected chi connectivity index (χ4v) is 4.85. The normalized spacial score (nSPS) is 24.8. The lowest BCUT2D eigenvalue weighted by Gasteiger charge is -2.35. The smallest absolute Gasteiger partial charge is 0.381 e. The highest BCUT2D eigenvalue weighted by molar-refractivity contribution is 14.0. The van der Waals surface area contributed by atoms with Crippen LogP contribution >= 0.6 is 24.0 Å². The summed E-state index contributed by atoms with van der Waals surface area (Å²) in [5, 5.41) is 3.33. The first-order chi connectivity index (χ1) is 14.8. The van der Waals surface area contributed by atoms with E-state index in [1.165, 1.54) is 12.1 Å². The molecular weight excluding hydrogens is 534 g/mol. The Morgan fingerprint density at radius 1 is 1.16 bits per heavy atom. The molecule has 0 aromatic heterocycles. The molecule has 0 radical (unpaired) electrons. The number of hydrogen-bond acceptors (Lipinski definition) is 4. The maximum absolute atomic E-state index is 13.4. The molecule has 0 bridgehead atoms. The second kappa shape index (κ2) is 10.3. The third-order valence-corrected chi connectivity index (χ3v) is 6.82. The SMILES string of the molecule is CN=C(NCc1cc(C(F)(F)F)ccc1N1CCN(C)CC1)N1CCC2(CCOC2)C1.I. The largest absolute Gasteiger partial charge is 0.416 e. The molecule has 0 aliphatic carbocycles. The zero-order chi connectivity index (χ0) is 22.1. The Kier molecular flexibility index (Phi) is 8.19. The van der Waals surface area contributed by atoms with E-state index in [1.807, 2.05) is 0 Å². The molecule has 32 heavy (non-hydrogen) atoms. The highest BCUT2D eigenvalue weighted by Gasteiger charge is 2.42. The monoisotopic (exact) mass is 567 g/mol. The number of likely N-dealkylation sites (N-methyl/N-ethyl adjacent to an activating group) is 1. The summed E-state index contributed by atoms with van der Waals surface area (Å²) in [4.78, 5) is 11.0. The van der Waals surface area contributed by atoms with Crippen LogP contribution in [0.3, 0.4) is 0 Å². The fourth-order valence-electron chi connectivity index (χ4n) is 4.85. The number of nitrogens with zero attached hydrogens (tertiary/aromatic N) is 4. The Hall–Kier alpha value is -1.27. The molecule has 6 nitrogen and oxygen atoms in total. The summed E-state index contributed by atoms with van der Waals surface area (Å²) >= 11 is 0. The molecule has 10 heteroatoms. The van der Waals surface area contributed by atoms with Gasteiger partial charge in [0.05, 0.1) is 12.2 Å². The number of nitrogens with one attached hydrogen (secondary N) is 1. The summed E-state index contributed by atoms with van der Waals surface area (Å²) in [6.07, 6.45) is -2.24. The molecule has 3 aliphatic rings. The quantitative estimate of drug-likeness (QED) is 0.345. The first-order valence-electron chi connectivity index (χ1n) is 11.0. The fraction of sp³-hybridized carbons (Fsp3) is 0.682. The lowest BCUT2D eigenvalue weighted by Crippen LogP contribution is -2.45. The van der Waals surface area contributed by atoms with Crippen LogP contribution in [0.1, 0.15) is 24.0 Å². The van der Waals surface area contributed by atoms with Crippen LogP contribution in [0.15, 0.2) is 23.2 Å². The number of piperazine rings is 1. The third-order valence-electron chi connectivity index (χ3n) is 6.82. The Balaban J connectivity index is 0.00000289. The van der Waals surface area contributed by atoms with Gasteiger partial charge in [0.15, 0.2) is 5.96 Å². The zero-order valence-corrected chi connectivity index (χ0v) is 21.1. The van der Waals surface area contributed by atoms with E-state index in [2.05, 4.69) is 32.1 Å². The second-order valence-corrected chi connectivity index (χ2v) is 9.01. The van der Waals surface area contributed by atoms with Crippen LogP contribution < -0.4 is 10.2 Å². The second-order valence-electron chi connectivity index (χ2n) is 9.01. The molecular formula is C22H33F3IN5O. The summed E-state index contributed by atoms with van der Waals surface area (Å²) in [6.45, 7) is 7.05. The lowest BCUT2D eigenvalue weighted by molar-refractivity contribution is -0.137.